The summed E-state index contributed by atoms with van der Waals surface area (Å²) in [6.45, 7) is 4.57. The van der Waals surface area contributed by atoms with Gasteiger partial charge in [-0.05, 0) is 13.3 Å². The third kappa shape index (κ3) is 3.91. The van der Waals surface area contributed by atoms with Crippen molar-refractivity contribution in [2.75, 3.05) is 17.8 Å². The van der Waals surface area contributed by atoms with Crippen LogP contribution in [0.15, 0.2) is 12.4 Å². The van der Waals surface area contributed by atoms with E-state index in [9.17, 15) is 0 Å². The lowest BCUT2D eigenvalue weighted by Crippen LogP contribution is -2.20. The highest BCUT2D eigenvalue weighted by Gasteiger charge is 2.06. The van der Waals surface area contributed by atoms with E-state index in [2.05, 4.69) is 22.2 Å². The first-order chi connectivity index (χ1) is 7.30. The van der Waals surface area contributed by atoms with Crippen LogP contribution in [0.1, 0.15) is 20.3 Å². The molecule has 0 spiro atoms. The van der Waals surface area contributed by atoms with Gasteiger partial charge < -0.3 is 10.1 Å². The zero-order chi connectivity index (χ0) is 11.1. The SMILES string of the molecule is CCOc1cncc(NC(CC)CCl)n1. The molecule has 1 unspecified atom stereocenters. The normalized spacial score (nSPS) is 12.2. The lowest BCUT2D eigenvalue weighted by molar-refractivity contribution is 0.325. The molecule has 4 nitrogen and oxygen atoms in total. The molecule has 0 aliphatic carbocycles. The van der Waals surface area contributed by atoms with Crippen molar-refractivity contribution in [1.29, 1.82) is 0 Å². The van der Waals surface area contributed by atoms with Crippen molar-refractivity contribution in [3.05, 3.63) is 12.4 Å². The topological polar surface area (TPSA) is 47.0 Å². The second kappa shape index (κ2) is 6.45. The van der Waals surface area contributed by atoms with E-state index in [4.69, 9.17) is 16.3 Å². The molecular formula is C10H16ClN3O. The van der Waals surface area contributed by atoms with Crippen molar-refractivity contribution in [2.24, 2.45) is 0 Å². The van der Waals surface area contributed by atoms with Crippen LogP contribution in [-0.4, -0.2) is 28.5 Å². The fraction of sp³-hybridized carbons (Fsp3) is 0.600. The predicted molar refractivity (Wildman–Crippen MR) is 61.6 cm³/mol. The second-order valence-electron chi connectivity index (χ2n) is 3.08. The fourth-order valence-electron chi connectivity index (χ4n) is 1.09. The second-order valence-corrected chi connectivity index (χ2v) is 3.39. The van der Waals surface area contributed by atoms with Crippen LogP contribution >= 0.6 is 11.6 Å². The van der Waals surface area contributed by atoms with E-state index in [0.717, 1.165) is 6.42 Å². The number of nitrogens with one attached hydrogen (secondary N) is 1. The van der Waals surface area contributed by atoms with Crippen molar-refractivity contribution in [3.8, 4) is 5.88 Å². The Balaban J connectivity index is 2.64. The van der Waals surface area contributed by atoms with Crippen LogP contribution in [0.3, 0.4) is 0 Å². The molecule has 0 saturated carbocycles. The number of rotatable bonds is 6. The van der Waals surface area contributed by atoms with E-state index in [0.29, 0.717) is 24.2 Å². The van der Waals surface area contributed by atoms with Crippen LogP contribution in [0.25, 0.3) is 0 Å². The number of alkyl halides is 1. The maximum absolute atomic E-state index is 5.78. The van der Waals surface area contributed by atoms with Crippen molar-refractivity contribution >= 4 is 17.4 Å². The summed E-state index contributed by atoms with van der Waals surface area (Å²) in [6, 6.07) is 0.220. The maximum atomic E-state index is 5.78. The Morgan fingerprint density at radius 3 is 2.87 bits per heavy atom. The predicted octanol–water partition coefficient (Wildman–Crippen LogP) is 2.30. The number of nitrogens with zero attached hydrogens (tertiary/aromatic N) is 2. The summed E-state index contributed by atoms with van der Waals surface area (Å²) in [5, 5.41) is 3.19. The molecule has 0 aliphatic rings. The minimum Gasteiger partial charge on any atom is -0.477 e. The van der Waals surface area contributed by atoms with Crippen molar-refractivity contribution in [1.82, 2.24) is 9.97 Å². The number of aromatic nitrogens is 2. The highest BCUT2D eigenvalue weighted by molar-refractivity contribution is 6.18. The summed E-state index contributed by atoms with van der Waals surface area (Å²) in [6.07, 6.45) is 4.21. The molecule has 1 N–H and O–H groups in total. The minimum atomic E-state index is 0.220. The first kappa shape index (κ1) is 12.0. The molecule has 1 aromatic rings. The van der Waals surface area contributed by atoms with Gasteiger partial charge in [-0.2, -0.15) is 4.98 Å². The molecule has 5 heteroatoms. The van der Waals surface area contributed by atoms with Crippen LogP contribution in [0, 0.1) is 0 Å². The summed E-state index contributed by atoms with van der Waals surface area (Å²) >= 11 is 5.78. The minimum absolute atomic E-state index is 0.220. The first-order valence-corrected chi connectivity index (χ1v) is 5.60. The van der Waals surface area contributed by atoms with Gasteiger partial charge in [0.1, 0.15) is 5.82 Å². The van der Waals surface area contributed by atoms with Crippen molar-refractivity contribution in [3.63, 3.8) is 0 Å². The van der Waals surface area contributed by atoms with Gasteiger partial charge in [0.2, 0.25) is 5.88 Å². The number of hydrogen-bond donors (Lipinski definition) is 1. The molecule has 0 bridgehead atoms. The Hall–Kier alpha value is -1.03. The smallest absolute Gasteiger partial charge is 0.234 e. The third-order valence-corrected chi connectivity index (χ3v) is 2.31. The van der Waals surface area contributed by atoms with Crippen LogP contribution in [0.5, 0.6) is 5.88 Å². The fourth-order valence-corrected chi connectivity index (χ4v) is 1.39. The number of anilines is 1. The zero-order valence-corrected chi connectivity index (χ0v) is 9.79. The largest absolute Gasteiger partial charge is 0.477 e. The standard InChI is InChI=1S/C10H16ClN3O/c1-3-8(5-11)13-9-6-12-7-10(14-9)15-4-2/h6-8H,3-5H2,1-2H3,(H,13,14). The van der Waals surface area contributed by atoms with Gasteiger partial charge in [0.15, 0.2) is 0 Å². The van der Waals surface area contributed by atoms with Crippen LogP contribution in [0.4, 0.5) is 5.82 Å². The molecule has 0 radical (unpaired) electrons. The van der Waals surface area contributed by atoms with Gasteiger partial charge in [-0.1, -0.05) is 6.92 Å². The molecule has 15 heavy (non-hydrogen) atoms. The Morgan fingerprint density at radius 1 is 1.47 bits per heavy atom. The molecule has 84 valence electrons. The number of ether oxygens (including phenoxy) is 1. The molecule has 0 aromatic carbocycles. The maximum Gasteiger partial charge on any atom is 0.234 e. The molecular weight excluding hydrogens is 214 g/mol. The van der Waals surface area contributed by atoms with E-state index in [1.807, 2.05) is 6.92 Å². The highest BCUT2D eigenvalue weighted by Crippen LogP contribution is 2.11. The molecule has 1 aromatic heterocycles. The van der Waals surface area contributed by atoms with Gasteiger partial charge in [-0.25, -0.2) is 0 Å². The van der Waals surface area contributed by atoms with E-state index in [1.54, 1.807) is 12.4 Å². The molecule has 0 fully saturated rings. The quantitative estimate of drug-likeness (QED) is 0.761. The Bertz CT molecular complexity index is 292. The van der Waals surface area contributed by atoms with Crippen molar-refractivity contribution < 1.29 is 4.74 Å². The van der Waals surface area contributed by atoms with Crippen LogP contribution < -0.4 is 10.1 Å². The first-order valence-electron chi connectivity index (χ1n) is 5.07. The Kier molecular flexibility index (Phi) is 5.18. The number of halogens is 1. The molecule has 1 atom stereocenters. The Labute approximate surface area is 95.0 Å². The summed E-state index contributed by atoms with van der Waals surface area (Å²) in [7, 11) is 0. The van der Waals surface area contributed by atoms with Gasteiger partial charge in [0.25, 0.3) is 0 Å². The van der Waals surface area contributed by atoms with Gasteiger partial charge >= 0.3 is 0 Å². The van der Waals surface area contributed by atoms with E-state index >= 15 is 0 Å². The van der Waals surface area contributed by atoms with Gasteiger partial charge in [0, 0.05) is 11.9 Å². The lowest BCUT2D eigenvalue weighted by atomic mass is 10.2. The highest BCUT2D eigenvalue weighted by atomic mass is 35.5. The molecule has 0 amide bonds. The van der Waals surface area contributed by atoms with E-state index < -0.39 is 0 Å². The zero-order valence-electron chi connectivity index (χ0n) is 9.03. The average molecular weight is 230 g/mol. The molecule has 1 rings (SSSR count). The molecule has 0 aliphatic heterocycles. The summed E-state index contributed by atoms with van der Waals surface area (Å²) in [5.74, 6) is 1.79. The average Bonchev–Trinajstić information content (AvgIpc) is 2.27. The van der Waals surface area contributed by atoms with Gasteiger partial charge in [-0.15, -0.1) is 11.6 Å². The van der Waals surface area contributed by atoms with Crippen LogP contribution in [0.2, 0.25) is 0 Å². The monoisotopic (exact) mass is 229 g/mol. The van der Waals surface area contributed by atoms with E-state index in [1.165, 1.54) is 0 Å². The summed E-state index contributed by atoms with van der Waals surface area (Å²) < 4.78 is 5.25. The summed E-state index contributed by atoms with van der Waals surface area (Å²) in [4.78, 5) is 8.28. The molecule has 0 saturated heterocycles. The van der Waals surface area contributed by atoms with Gasteiger partial charge in [0.05, 0.1) is 19.0 Å². The number of hydrogen-bond acceptors (Lipinski definition) is 4. The van der Waals surface area contributed by atoms with Gasteiger partial charge in [-0.3, -0.25) is 4.98 Å². The third-order valence-electron chi connectivity index (χ3n) is 1.94. The van der Waals surface area contributed by atoms with E-state index in [-0.39, 0.29) is 6.04 Å². The molecule has 1 heterocycles. The lowest BCUT2D eigenvalue weighted by Gasteiger charge is -2.14. The Morgan fingerprint density at radius 2 is 2.27 bits per heavy atom. The summed E-state index contributed by atoms with van der Waals surface area (Å²) in [5.41, 5.74) is 0. The van der Waals surface area contributed by atoms with Crippen LogP contribution in [-0.2, 0) is 0 Å². The van der Waals surface area contributed by atoms with Crippen molar-refractivity contribution in [2.45, 2.75) is 26.3 Å².